The van der Waals surface area contributed by atoms with E-state index in [4.69, 9.17) is 4.74 Å². The third kappa shape index (κ3) is 5.11. The van der Waals surface area contributed by atoms with Crippen LogP contribution in [0.3, 0.4) is 0 Å². The van der Waals surface area contributed by atoms with Crippen molar-refractivity contribution in [1.82, 2.24) is 15.1 Å². The molecule has 3 rings (SSSR count). The van der Waals surface area contributed by atoms with Crippen molar-refractivity contribution in [3.8, 4) is 11.6 Å². The molecule has 10 heteroatoms. The van der Waals surface area contributed by atoms with Gasteiger partial charge in [0.1, 0.15) is 17.0 Å². The summed E-state index contributed by atoms with van der Waals surface area (Å²) in [6.45, 7) is 4.68. The molecule has 1 unspecified atom stereocenters. The van der Waals surface area contributed by atoms with Crippen molar-refractivity contribution in [2.24, 2.45) is 7.05 Å². The lowest BCUT2D eigenvalue weighted by Crippen LogP contribution is -2.27. The smallest absolute Gasteiger partial charge is 0.335 e. The van der Waals surface area contributed by atoms with Crippen molar-refractivity contribution >= 4 is 17.7 Å². The molecular weight excluding hydrogens is 448 g/mol. The number of rotatable bonds is 8. The SMILES string of the molecule is CC(=O)c1ccc(Oc2c(C(=O)NC(C)c3ccc(C(=O)O)c(C)c3)c(C(F)F)nn2C)cc1. The lowest BCUT2D eigenvalue weighted by atomic mass is 10.0. The number of aryl methyl sites for hydroxylation is 2. The minimum Gasteiger partial charge on any atom is -0.478 e. The van der Waals surface area contributed by atoms with Gasteiger partial charge < -0.3 is 15.2 Å². The van der Waals surface area contributed by atoms with Crippen LogP contribution in [0.25, 0.3) is 0 Å². The Hall–Kier alpha value is -4.08. The predicted octanol–water partition coefficient (Wildman–Crippen LogP) is 4.85. The molecule has 0 spiro atoms. The number of aromatic nitrogens is 2. The molecule has 1 aromatic heterocycles. The second-order valence-electron chi connectivity index (χ2n) is 7.75. The van der Waals surface area contributed by atoms with E-state index in [1.807, 2.05) is 0 Å². The molecule has 0 aliphatic heterocycles. The van der Waals surface area contributed by atoms with Crippen LogP contribution in [0.15, 0.2) is 42.5 Å². The van der Waals surface area contributed by atoms with Crippen LogP contribution < -0.4 is 10.1 Å². The fourth-order valence-electron chi connectivity index (χ4n) is 3.43. The van der Waals surface area contributed by atoms with E-state index in [-0.39, 0.29) is 23.0 Å². The Morgan fingerprint density at radius 2 is 1.76 bits per heavy atom. The van der Waals surface area contributed by atoms with E-state index in [1.165, 1.54) is 44.3 Å². The molecule has 178 valence electrons. The molecule has 0 aliphatic rings. The van der Waals surface area contributed by atoms with Crippen molar-refractivity contribution < 1.29 is 33.0 Å². The van der Waals surface area contributed by atoms with Crippen LogP contribution in [0.2, 0.25) is 0 Å². The topological polar surface area (TPSA) is 111 Å². The molecule has 0 radical (unpaired) electrons. The number of halogens is 2. The van der Waals surface area contributed by atoms with Crippen molar-refractivity contribution in [2.45, 2.75) is 33.2 Å². The van der Waals surface area contributed by atoms with Gasteiger partial charge in [0.05, 0.1) is 11.6 Å². The molecule has 0 bridgehead atoms. The maximum atomic E-state index is 13.7. The van der Waals surface area contributed by atoms with Crippen LogP contribution >= 0.6 is 0 Å². The monoisotopic (exact) mass is 471 g/mol. The fourth-order valence-corrected chi connectivity index (χ4v) is 3.43. The largest absolute Gasteiger partial charge is 0.478 e. The molecular formula is C24H23F2N3O5. The Bertz CT molecular complexity index is 1250. The van der Waals surface area contributed by atoms with Crippen molar-refractivity contribution in [2.75, 3.05) is 0 Å². The van der Waals surface area contributed by atoms with Crippen molar-refractivity contribution in [3.63, 3.8) is 0 Å². The minimum absolute atomic E-state index is 0.126. The highest BCUT2D eigenvalue weighted by atomic mass is 19.3. The number of hydrogen-bond donors (Lipinski definition) is 2. The molecule has 0 saturated heterocycles. The number of ketones is 1. The van der Waals surface area contributed by atoms with Gasteiger partial charge in [-0.2, -0.15) is 5.10 Å². The summed E-state index contributed by atoms with van der Waals surface area (Å²) in [5.41, 5.74) is 0.515. The standard InChI is InChI=1S/C24H23F2N3O5/c1-12-11-16(7-10-18(12)24(32)33)13(2)27-22(31)19-20(21(25)26)28-29(4)23(19)34-17-8-5-15(6-9-17)14(3)30/h5-11,13,21H,1-4H3,(H,27,31)(H,32,33). The first-order chi connectivity index (χ1) is 16.0. The summed E-state index contributed by atoms with van der Waals surface area (Å²) in [4.78, 5) is 35.8. The van der Waals surface area contributed by atoms with Gasteiger partial charge in [-0.15, -0.1) is 0 Å². The van der Waals surface area contributed by atoms with Gasteiger partial charge >= 0.3 is 5.97 Å². The molecule has 2 N–H and O–H groups in total. The average Bonchev–Trinajstić information content (AvgIpc) is 3.10. The molecule has 0 fully saturated rings. The zero-order valence-corrected chi connectivity index (χ0v) is 18.9. The van der Waals surface area contributed by atoms with Crippen LogP contribution in [0.1, 0.15) is 74.2 Å². The number of benzene rings is 2. The molecule has 1 heterocycles. The maximum absolute atomic E-state index is 13.7. The summed E-state index contributed by atoms with van der Waals surface area (Å²) in [6, 6.07) is 9.98. The normalized spacial score (nSPS) is 11.9. The zero-order valence-electron chi connectivity index (χ0n) is 18.9. The molecule has 8 nitrogen and oxygen atoms in total. The predicted molar refractivity (Wildman–Crippen MR) is 119 cm³/mol. The van der Waals surface area contributed by atoms with Gasteiger partial charge in [0.25, 0.3) is 12.3 Å². The molecule has 1 amide bonds. The third-order valence-corrected chi connectivity index (χ3v) is 5.26. The van der Waals surface area contributed by atoms with E-state index in [0.717, 1.165) is 4.68 Å². The Morgan fingerprint density at radius 1 is 1.12 bits per heavy atom. The molecule has 2 aromatic carbocycles. The summed E-state index contributed by atoms with van der Waals surface area (Å²) in [6.07, 6.45) is -3.03. The number of nitrogens with one attached hydrogen (secondary N) is 1. The number of alkyl halides is 2. The summed E-state index contributed by atoms with van der Waals surface area (Å²) >= 11 is 0. The van der Waals surface area contributed by atoms with Crippen LogP contribution in [0, 0.1) is 6.92 Å². The van der Waals surface area contributed by atoms with Gasteiger partial charge in [-0.1, -0.05) is 12.1 Å². The highest BCUT2D eigenvalue weighted by molar-refractivity contribution is 5.98. The highest BCUT2D eigenvalue weighted by Gasteiger charge is 2.30. The number of hydrogen-bond acceptors (Lipinski definition) is 5. The van der Waals surface area contributed by atoms with Crippen LogP contribution in [0.4, 0.5) is 8.78 Å². The Labute approximate surface area is 194 Å². The quantitative estimate of drug-likeness (QED) is 0.455. The van der Waals surface area contributed by atoms with E-state index in [2.05, 4.69) is 10.4 Å². The van der Waals surface area contributed by atoms with E-state index in [9.17, 15) is 28.3 Å². The number of aromatic carboxylic acids is 1. The minimum atomic E-state index is -3.03. The van der Waals surface area contributed by atoms with Gasteiger partial charge in [-0.3, -0.25) is 9.59 Å². The zero-order chi connectivity index (χ0) is 25.2. The number of carbonyl (C=O) groups is 3. The van der Waals surface area contributed by atoms with Gasteiger partial charge in [0, 0.05) is 12.6 Å². The van der Waals surface area contributed by atoms with E-state index in [1.54, 1.807) is 26.0 Å². The van der Waals surface area contributed by atoms with Gasteiger partial charge in [-0.05, 0) is 62.2 Å². The molecule has 0 aliphatic carbocycles. The van der Waals surface area contributed by atoms with Crippen molar-refractivity contribution in [1.29, 1.82) is 0 Å². The summed E-state index contributed by atoms with van der Waals surface area (Å²) in [7, 11) is 1.37. The Morgan fingerprint density at radius 3 is 2.29 bits per heavy atom. The first-order valence-electron chi connectivity index (χ1n) is 10.3. The summed E-state index contributed by atoms with van der Waals surface area (Å²) in [5.74, 6) is -2.00. The molecule has 3 aromatic rings. The van der Waals surface area contributed by atoms with Crippen LogP contribution in [-0.2, 0) is 7.05 Å². The first kappa shape index (κ1) is 24.6. The number of ether oxygens (including phenoxy) is 1. The molecule has 34 heavy (non-hydrogen) atoms. The summed E-state index contributed by atoms with van der Waals surface area (Å²) < 4.78 is 34.1. The number of carboxylic acid groups (broad SMARTS) is 1. The maximum Gasteiger partial charge on any atom is 0.335 e. The average molecular weight is 471 g/mol. The summed E-state index contributed by atoms with van der Waals surface area (Å²) in [5, 5.41) is 15.6. The number of carboxylic acids is 1. The lowest BCUT2D eigenvalue weighted by molar-refractivity contribution is 0.0695. The first-order valence-corrected chi connectivity index (χ1v) is 10.3. The highest BCUT2D eigenvalue weighted by Crippen LogP contribution is 2.33. The van der Waals surface area contributed by atoms with Gasteiger partial charge in [0.2, 0.25) is 5.88 Å². The number of Topliss-reactive ketones (excluding diaryl/α,β-unsaturated/α-hetero) is 1. The molecule has 0 saturated carbocycles. The Kier molecular flexibility index (Phi) is 7.09. The molecule has 1 atom stereocenters. The number of nitrogens with zero attached hydrogens (tertiary/aromatic N) is 2. The number of carbonyl (C=O) groups excluding carboxylic acids is 2. The van der Waals surface area contributed by atoms with Crippen molar-refractivity contribution in [3.05, 3.63) is 76.0 Å². The fraction of sp³-hybridized carbons (Fsp3) is 0.250. The van der Waals surface area contributed by atoms with E-state index >= 15 is 0 Å². The second kappa shape index (κ2) is 9.82. The van der Waals surface area contributed by atoms with E-state index in [0.29, 0.717) is 16.7 Å². The second-order valence-corrected chi connectivity index (χ2v) is 7.75. The van der Waals surface area contributed by atoms with E-state index < -0.39 is 35.6 Å². The van der Waals surface area contributed by atoms with Gasteiger partial charge in [-0.25, -0.2) is 18.3 Å². The van der Waals surface area contributed by atoms with Gasteiger partial charge in [0.15, 0.2) is 5.78 Å². The van der Waals surface area contributed by atoms with Crippen LogP contribution in [0.5, 0.6) is 11.6 Å². The van der Waals surface area contributed by atoms with Crippen LogP contribution in [-0.4, -0.2) is 32.5 Å². The Balaban J connectivity index is 1.91. The third-order valence-electron chi connectivity index (χ3n) is 5.26. The number of amides is 1. The lowest BCUT2D eigenvalue weighted by Gasteiger charge is -2.16.